The fourth-order valence-corrected chi connectivity index (χ4v) is 1.21. The van der Waals surface area contributed by atoms with E-state index in [1.807, 2.05) is 0 Å². The number of H-pyrrole nitrogens is 1. The molecule has 1 N–H and O–H groups in total. The molecule has 0 saturated heterocycles. The molecule has 1 aromatic heterocycles. The summed E-state index contributed by atoms with van der Waals surface area (Å²) in [6.07, 6.45) is 1.50. The third-order valence-electron chi connectivity index (χ3n) is 1.92. The van der Waals surface area contributed by atoms with Crippen molar-refractivity contribution >= 4 is 17.4 Å². The van der Waals surface area contributed by atoms with Crippen LogP contribution in [0.5, 0.6) is 0 Å². The lowest BCUT2D eigenvalue weighted by Crippen LogP contribution is -2.27. The Hall–Kier alpha value is -1.98. The van der Waals surface area contributed by atoms with Gasteiger partial charge in [0.05, 0.1) is 5.69 Å². The number of aromatic amines is 1. The van der Waals surface area contributed by atoms with Crippen LogP contribution in [0.1, 0.15) is 12.6 Å². The van der Waals surface area contributed by atoms with E-state index in [1.54, 1.807) is 13.0 Å². The zero-order valence-corrected chi connectivity index (χ0v) is 7.52. The van der Waals surface area contributed by atoms with Gasteiger partial charge in [-0.2, -0.15) is 10.2 Å². The SMILES string of the molecule is CCN1N=C(c2ccn[nH]2)C(=O)C1=O. The number of amides is 1. The number of hydrogen-bond acceptors (Lipinski definition) is 4. The predicted octanol–water partition coefficient (Wildman–Crippen LogP) is -0.455. The summed E-state index contributed by atoms with van der Waals surface area (Å²) in [6, 6.07) is 1.60. The average Bonchev–Trinajstić information content (AvgIpc) is 2.78. The van der Waals surface area contributed by atoms with Crippen molar-refractivity contribution in [3.8, 4) is 0 Å². The van der Waals surface area contributed by atoms with Crippen LogP contribution in [-0.4, -0.2) is 39.2 Å². The van der Waals surface area contributed by atoms with Gasteiger partial charge in [0, 0.05) is 12.7 Å². The van der Waals surface area contributed by atoms with Crippen molar-refractivity contribution in [3.63, 3.8) is 0 Å². The molecule has 0 radical (unpaired) electrons. The lowest BCUT2D eigenvalue weighted by atomic mass is 10.2. The highest BCUT2D eigenvalue weighted by Gasteiger charge is 2.34. The van der Waals surface area contributed by atoms with Gasteiger partial charge in [-0.05, 0) is 13.0 Å². The van der Waals surface area contributed by atoms with Crippen molar-refractivity contribution in [1.29, 1.82) is 0 Å². The summed E-state index contributed by atoms with van der Waals surface area (Å²) in [5.41, 5.74) is 0.605. The number of aromatic nitrogens is 2. The molecule has 0 atom stereocenters. The highest BCUT2D eigenvalue weighted by Crippen LogP contribution is 2.09. The number of ketones is 1. The van der Waals surface area contributed by atoms with Crippen molar-refractivity contribution in [3.05, 3.63) is 18.0 Å². The van der Waals surface area contributed by atoms with Gasteiger partial charge in [-0.25, -0.2) is 5.01 Å². The van der Waals surface area contributed by atoms with Gasteiger partial charge in [-0.1, -0.05) is 0 Å². The fourth-order valence-electron chi connectivity index (χ4n) is 1.21. The second-order valence-corrected chi connectivity index (χ2v) is 2.77. The molecule has 14 heavy (non-hydrogen) atoms. The number of hydrogen-bond donors (Lipinski definition) is 1. The molecule has 2 heterocycles. The minimum atomic E-state index is -0.587. The first-order valence-electron chi connectivity index (χ1n) is 4.18. The molecule has 6 nitrogen and oxygen atoms in total. The summed E-state index contributed by atoms with van der Waals surface area (Å²) in [5.74, 6) is -1.17. The van der Waals surface area contributed by atoms with Gasteiger partial charge in [0.15, 0.2) is 5.71 Å². The van der Waals surface area contributed by atoms with Gasteiger partial charge in [0.2, 0.25) is 0 Å². The molecule has 1 aliphatic heterocycles. The highest BCUT2D eigenvalue weighted by molar-refractivity contribution is 6.69. The smallest absolute Gasteiger partial charge is 0.281 e. The molecule has 0 unspecified atom stereocenters. The standard InChI is InChI=1S/C8H8N4O2/c1-2-12-8(14)7(13)6(11-12)5-3-4-9-10-5/h3-4H,2H2,1H3,(H,9,10). The van der Waals surface area contributed by atoms with Gasteiger partial charge in [0.1, 0.15) is 0 Å². The van der Waals surface area contributed by atoms with Crippen LogP contribution in [0.3, 0.4) is 0 Å². The molecule has 1 aliphatic rings. The summed E-state index contributed by atoms with van der Waals surface area (Å²) < 4.78 is 0. The van der Waals surface area contributed by atoms with Crippen molar-refractivity contribution in [2.45, 2.75) is 6.92 Å². The van der Waals surface area contributed by atoms with E-state index in [1.165, 1.54) is 6.20 Å². The van der Waals surface area contributed by atoms with E-state index in [9.17, 15) is 9.59 Å². The van der Waals surface area contributed by atoms with Crippen molar-refractivity contribution in [1.82, 2.24) is 15.2 Å². The summed E-state index contributed by atoms with van der Waals surface area (Å²) in [4.78, 5) is 22.7. The van der Waals surface area contributed by atoms with Crippen molar-refractivity contribution in [2.24, 2.45) is 5.10 Å². The van der Waals surface area contributed by atoms with E-state index in [-0.39, 0.29) is 5.71 Å². The van der Waals surface area contributed by atoms with Crippen LogP contribution in [-0.2, 0) is 9.59 Å². The first kappa shape index (κ1) is 8.61. The molecular weight excluding hydrogens is 184 g/mol. The van der Waals surface area contributed by atoms with E-state index in [4.69, 9.17) is 0 Å². The zero-order chi connectivity index (χ0) is 10.1. The maximum atomic E-state index is 11.4. The summed E-state index contributed by atoms with van der Waals surface area (Å²) in [6.45, 7) is 2.15. The van der Waals surface area contributed by atoms with Gasteiger partial charge in [0.25, 0.3) is 5.78 Å². The summed E-state index contributed by atoms with van der Waals surface area (Å²) in [7, 11) is 0. The van der Waals surface area contributed by atoms with E-state index >= 15 is 0 Å². The van der Waals surface area contributed by atoms with Crippen LogP contribution in [0.4, 0.5) is 0 Å². The Morgan fingerprint density at radius 3 is 2.79 bits per heavy atom. The fraction of sp³-hybridized carbons (Fsp3) is 0.250. The predicted molar refractivity (Wildman–Crippen MR) is 47.5 cm³/mol. The van der Waals surface area contributed by atoms with E-state index < -0.39 is 11.7 Å². The van der Waals surface area contributed by atoms with Gasteiger partial charge in [-0.3, -0.25) is 14.7 Å². The van der Waals surface area contributed by atoms with E-state index in [0.29, 0.717) is 12.2 Å². The number of nitrogens with one attached hydrogen (secondary N) is 1. The van der Waals surface area contributed by atoms with Crippen molar-refractivity contribution in [2.75, 3.05) is 6.54 Å². The number of carbonyl (C=O) groups is 2. The molecule has 0 bridgehead atoms. The number of carbonyl (C=O) groups excluding carboxylic acids is 2. The maximum absolute atomic E-state index is 11.4. The summed E-state index contributed by atoms with van der Waals surface area (Å²) in [5, 5.41) is 11.3. The topological polar surface area (TPSA) is 78.4 Å². The van der Waals surface area contributed by atoms with Crippen LogP contribution in [0.25, 0.3) is 0 Å². The first-order valence-corrected chi connectivity index (χ1v) is 4.18. The van der Waals surface area contributed by atoms with E-state index in [2.05, 4.69) is 15.3 Å². The second kappa shape index (κ2) is 3.06. The molecule has 1 amide bonds. The highest BCUT2D eigenvalue weighted by atomic mass is 16.2. The monoisotopic (exact) mass is 192 g/mol. The Kier molecular flexibility index (Phi) is 1.88. The Labute approximate surface area is 79.6 Å². The quantitative estimate of drug-likeness (QED) is 0.644. The Morgan fingerprint density at radius 2 is 2.29 bits per heavy atom. The Morgan fingerprint density at radius 1 is 1.50 bits per heavy atom. The first-order chi connectivity index (χ1) is 6.74. The van der Waals surface area contributed by atoms with Crippen LogP contribution in [0.15, 0.2) is 17.4 Å². The third-order valence-corrected chi connectivity index (χ3v) is 1.92. The second-order valence-electron chi connectivity index (χ2n) is 2.77. The number of likely N-dealkylation sites (N-methyl/N-ethyl adjacent to an activating group) is 1. The molecule has 0 aromatic carbocycles. The molecule has 6 heteroatoms. The number of nitrogens with zero attached hydrogens (tertiary/aromatic N) is 3. The van der Waals surface area contributed by atoms with Gasteiger partial charge < -0.3 is 0 Å². The number of hydrazone groups is 1. The van der Waals surface area contributed by atoms with Gasteiger partial charge in [-0.15, -0.1) is 0 Å². The molecule has 0 fully saturated rings. The zero-order valence-electron chi connectivity index (χ0n) is 7.52. The van der Waals surface area contributed by atoms with Crippen LogP contribution >= 0.6 is 0 Å². The number of Topliss-reactive ketones (excluding diaryl/α,β-unsaturated/α-hetero) is 1. The third kappa shape index (κ3) is 1.12. The minimum Gasteiger partial charge on any atom is -0.281 e. The minimum absolute atomic E-state index is 0.134. The average molecular weight is 192 g/mol. The van der Waals surface area contributed by atoms with Crippen LogP contribution in [0.2, 0.25) is 0 Å². The summed E-state index contributed by atoms with van der Waals surface area (Å²) >= 11 is 0. The molecule has 0 saturated carbocycles. The molecule has 72 valence electrons. The maximum Gasteiger partial charge on any atom is 0.316 e. The largest absolute Gasteiger partial charge is 0.316 e. The van der Waals surface area contributed by atoms with E-state index in [0.717, 1.165) is 5.01 Å². The molecule has 0 spiro atoms. The van der Waals surface area contributed by atoms with Crippen molar-refractivity contribution < 1.29 is 9.59 Å². The van der Waals surface area contributed by atoms with Crippen LogP contribution in [0, 0.1) is 0 Å². The lowest BCUT2D eigenvalue weighted by molar-refractivity contribution is -0.139. The Balaban J connectivity index is 2.38. The van der Waals surface area contributed by atoms with Gasteiger partial charge >= 0.3 is 5.91 Å². The Bertz CT molecular complexity index is 407. The van der Waals surface area contributed by atoms with Crippen LogP contribution < -0.4 is 0 Å². The molecular formula is C8H8N4O2. The molecule has 0 aliphatic carbocycles. The number of rotatable bonds is 2. The molecule has 1 aromatic rings. The lowest BCUT2D eigenvalue weighted by Gasteiger charge is -2.04. The molecule has 2 rings (SSSR count). The normalized spacial score (nSPS) is 16.4.